The predicted octanol–water partition coefficient (Wildman–Crippen LogP) is 12.3. The molecular weight excluding hydrogens is 672 g/mol. The van der Waals surface area contributed by atoms with Crippen LogP contribution < -0.4 is 9.80 Å². The highest BCUT2D eigenvalue weighted by Gasteiger charge is 2.29. The van der Waals surface area contributed by atoms with Crippen molar-refractivity contribution in [1.82, 2.24) is 0 Å². The Morgan fingerprint density at radius 1 is 0.463 bits per heavy atom. The van der Waals surface area contributed by atoms with E-state index >= 15 is 0 Å². The summed E-state index contributed by atoms with van der Waals surface area (Å²) in [6, 6.07) is 40.0. The smallest absolute Gasteiger partial charge is 0.100 e. The first-order valence-corrected chi connectivity index (χ1v) is 16.6. The summed E-state index contributed by atoms with van der Waals surface area (Å²) in [7, 11) is 0. The number of halogens is 2. The molecule has 1 aliphatic rings. The van der Waals surface area contributed by atoms with Crippen molar-refractivity contribution in [2.45, 2.75) is 0 Å². The minimum Gasteiger partial charge on any atom is -0.321 e. The maximum atomic E-state index is 3.99. The lowest BCUT2D eigenvalue weighted by Gasteiger charge is -2.40. The molecule has 6 heteroatoms. The molecule has 0 aliphatic carbocycles. The number of thiophene rings is 2. The van der Waals surface area contributed by atoms with Crippen molar-refractivity contribution in [2.75, 3.05) is 16.5 Å². The Balaban J connectivity index is 1.28. The van der Waals surface area contributed by atoms with Gasteiger partial charge in [0.15, 0.2) is 0 Å². The van der Waals surface area contributed by atoms with Gasteiger partial charge in [0.2, 0.25) is 0 Å². The molecule has 0 N–H and O–H groups in total. The fourth-order valence-corrected chi connectivity index (χ4v) is 9.70. The van der Waals surface area contributed by atoms with Crippen LogP contribution in [0.2, 0.25) is 0 Å². The molecule has 2 aromatic heterocycles. The summed E-state index contributed by atoms with van der Waals surface area (Å²) in [5.41, 5.74) is 4.81. The van der Waals surface area contributed by atoms with E-state index in [-0.39, 0.29) is 0 Å². The van der Waals surface area contributed by atoms with Gasteiger partial charge in [-0.1, -0.05) is 60.7 Å². The van der Waals surface area contributed by atoms with E-state index in [0.717, 1.165) is 8.95 Å². The summed E-state index contributed by atoms with van der Waals surface area (Å²) in [4.78, 5) is 4.93. The maximum absolute atomic E-state index is 3.99. The molecule has 0 bridgehead atoms. The van der Waals surface area contributed by atoms with Crippen molar-refractivity contribution in [3.63, 3.8) is 0 Å². The zero-order chi connectivity index (χ0) is 27.2. The van der Waals surface area contributed by atoms with E-state index in [2.05, 4.69) is 151 Å². The molecule has 0 unspecified atom stereocenters. The van der Waals surface area contributed by atoms with Gasteiger partial charge in [-0.2, -0.15) is 0 Å². The second-order valence-electron chi connectivity index (χ2n) is 10.4. The Labute approximate surface area is 261 Å². The Morgan fingerprint density at radius 2 is 0.951 bits per heavy atom. The van der Waals surface area contributed by atoms with Crippen molar-refractivity contribution in [1.29, 1.82) is 0 Å². The first-order valence-electron chi connectivity index (χ1n) is 13.4. The average molecular weight is 693 g/mol. The molecule has 8 aromatic rings. The molecular formula is C35H20Br2N2S2. The lowest BCUT2D eigenvalue weighted by atomic mass is 10.0. The quantitative estimate of drug-likeness (QED) is 0.178. The Morgan fingerprint density at radius 3 is 1.46 bits per heavy atom. The van der Waals surface area contributed by atoms with E-state index in [1.807, 2.05) is 22.7 Å². The summed E-state index contributed by atoms with van der Waals surface area (Å²) in [6.07, 6.45) is 0. The molecule has 0 saturated carbocycles. The van der Waals surface area contributed by atoms with Crippen LogP contribution in [-0.4, -0.2) is 6.67 Å². The largest absolute Gasteiger partial charge is 0.321 e. The van der Waals surface area contributed by atoms with Gasteiger partial charge in [-0.05, 0) is 85.8 Å². The summed E-state index contributed by atoms with van der Waals surface area (Å²) in [5, 5.41) is 7.74. The van der Waals surface area contributed by atoms with E-state index in [9.17, 15) is 0 Å². The molecule has 6 aromatic carbocycles. The normalized spacial score (nSPS) is 13.4. The molecule has 0 spiro atoms. The molecule has 0 radical (unpaired) electrons. The number of anilines is 4. The Kier molecular flexibility index (Phi) is 5.34. The highest BCUT2D eigenvalue weighted by Crippen LogP contribution is 2.50. The van der Waals surface area contributed by atoms with Gasteiger partial charge in [0, 0.05) is 54.7 Å². The third-order valence-electron chi connectivity index (χ3n) is 8.20. The van der Waals surface area contributed by atoms with Gasteiger partial charge in [0.25, 0.3) is 0 Å². The standard InChI is InChI=1S/C35H20Br2N2S2/c36-25-15-23-21-9-1-3-13-31(21)40-33(23)17-29(25)38-19-39(28-12-6-8-20-7-5-11-27(38)35(20)28)30-18-34-24(16-26(30)37)22-10-2-4-14-32(22)41-34/h1-18H,19H2. The molecule has 196 valence electrons. The molecule has 9 rings (SSSR count). The number of nitrogens with zero attached hydrogens (tertiary/aromatic N) is 2. The van der Waals surface area contributed by atoms with E-state index in [4.69, 9.17) is 0 Å². The number of benzene rings is 6. The van der Waals surface area contributed by atoms with Crippen LogP contribution in [-0.2, 0) is 0 Å². The van der Waals surface area contributed by atoms with Crippen LogP contribution >= 0.6 is 54.5 Å². The minimum absolute atomic E-state index is 0.695. The predicted molar refractivity (Wildman–Crippen MR) is 187 cm³/mol. The topological polar surface area (TPSA) is 6.48 Å². The second kappa shape index (κ2) is 9.04. The molecule has 2 nitrogen and oxygen atoms in total. The molecule has 0 fully saturated rings. The van der Waals surface area contributed by atoms with Gasteiger partial charge in [0.05, 0.1) is 22.7 Å². The summed E-state index contributed by atoms with van der Waals surface area (Å²) in [5.74, 6) is 0. The molecule has 0 amide bonds. The molecule has 1 aliphatic heterocycles. The van der Waals surface area contributed by atoms with Gasteiger partial charge in [0.1, 0.15) is 6.67 Å². The van der Waals surface area contributed by atoms with E-state index < -0.39 is 0 Å². The highest BCUT2D eigenvalue weighted by molar-refractivity contribution is 9.11. The van der Waals surface area contributed by atoms with Crippen molar-refractivity contribution in [3.05, 3.63) is 118 Å². The van der Waals surface area contributed by atoms with E-state index in [0.29, 0.717) is 6.67 Å². The van der Waals surface area contributed by atoms with Crippen LogP contribution in [0, 0.1) is 0 Å². The highest BCUT2D eigenvalue weighted by atomic mass is 79.9. The second-order valence-corrected chi connectivity index (χ2v) is 14.3. The first-order chi connectivity index (χ1) is 20.1. The zero-order valence-electron chi connectivity index (χ0n) is 21.6. The third kappa shape index (κ3) is 3.58. The van der Waals surface area contributed by atoms with Gasteiger partial charge in [-0.15, -0.1) is 22.7 Å². The fourth-order valence-electron chi connectivity index (χ4n) is 6.34. The van der Waals surface area contributed by atoms with E-state index in [1.54, 1.807) is 0 Å². The molecule has 3 heterocycles. The van der Waals surface area contributed by atoms with Crippen molar-refractivity contribution >= 4 is 128 Å². The summed E-state index contributed by atoms with van der Waals surface area (Å²) >= 11 is 11.7. The van der Waals surface area contributed by atoms with Crippen LogP contribution in [0.25, 0.3) is 51.1 Å². The van der Waals surface area contributed by atoms with Gasteiger partial charge in [-0.3, -0.25) is 0 Å². The third-order valence-corrected chi connectivity index (χ3v) is 11.7. The van der Waals surface area contributed by atoms with Crippen LogP contribution in [0.15, 0.2) is 118 Å². The van der Waals surface area contributed by atoms with Gasteiger partial charge < -0.3 is 9.80 Å². The van der Waals surface area contributed by atoms with Gasteiger partial charge >= 0.3 is 0 Å². The monoisotopic (exact) mass is 690 g/mol. The lowest BCUT2D eigenvalue weighted by molar-refractivity contribution is 0.915. The van der Waals surface area contributed by atoms with E-state index in [1.165, 1.54) is 73.9 Å². The fraction of sp³-hybridized carbons (Fsp3) is 0.0286. The van der Waals surface area contributed by atoms with Crippen LogP contribution in [0.1, 0.15) is 0 Å². The maximum Gasteiger partial charge on any atom is 0.100 e. The van der Waals surface area contributed by atoms with Crippen molar-refractivity contribution in [2.24, 2.45) is 0 Å². The summed E-state index contributed by atoms with van der Waals surface area (Å²) < 4.78 is 7.44. The number of rotatable bonds is 2. The van der Waals surface area contributed by atoms with Crippen molar-refractivity contribution < 1.29 is 0 Å². The SMILES string of the molecule is Brc1cc2c(cc1N1CN(c3cc4sc5ccccc5c4cc3Br)c3cccc4cccc1c34)sc1ccccc12. The van der Waals surface area contributed by atoms with Crippen LogP contribution in [0.3, 0.4) is 0 Å². The Hall–Kier alpha value is -3.42. The van der Waals surface area contributed by atoms with Crippen LogP contribution in [0.4, 0.5) is 22.7 Å². The Bertz CT molecular complexity index is 2190. The molecule has 41 heavy (non-hydrogen) atoms. The van der Waals surface area contributed by atoms with Crippen LogP contribution in [0.5, 0.6) is 0 Å². The number of hydrogen-bond donors (Lipinski definition) is 0. The average Bonchev–Trinajstić information content (AvgIpc) is 3.54. The van der Waals surface area contributed by atoms with Gasteiger partial charge in [-0.25, -0.2) is 0 Å². The minimum atomic E-state index is 0.695. The zero-order valence-corrected chi connectivity index (χ0v) is 26.4. The first kappa shape index (κ1) is 24.2. The van der Waals surface area contributed by atoms with Crippen molar-refractivity contribution in [3.8, 4) is 0 Å². The molecule has 0 atom stereocenters. The lowest BCUT2D eigenvalue weighted by Crippen LogP contribution is -2.36. The number of fused-ring (bicyclic) bond motifs is 6. The molecule has 0 saturated heterocycles. The summed E-state index contributed by atoms with van der Waals surface area (Å²) in [6.45, 7) is 0.695. The number of hydrogen-bond acceptors (Lipinski definition) is 4.